The summed E-state index contributed by atoms with van der Waals surface area (Å²) < 4.78 is 16.0. The Labute approximate surface area is 188 Å². The van der Waals surface area contributed by atoms with Crippen molar-refractivity contribution in [2.75, 3.05) is 13.2 Å². The molecule has 164 valence electrons. The zero-order valence-corrected chi connectivity index (χ0v) is 18.2. The molecule has 0 N–H and O–H groups in total. The Morgan fingerprint density at radius 2 is 1.50 bits per heavy atom. The second-order valence-corrected chi connectivity index (χ2v) is 7.40. The molecule has 0 atom stereocenters. The van der Waals surface area contributed by atoms with Gasteiger partial charge in [0.2, 0.25) is 0 Å². The number of rotatable bonds is 9. The number of hydrogen-bond donors (Lipinski definition) is 0. The zero-order valence-electron chi connectivity index (χ0n) is 18.2. The fourth-order valence-electron chi connectivity index (χ4n) is 2.86. The van der Waals surface area contributed by atoms with Crippen LogP contribution in [0.3, 0.4) is 0 Å². The Bertz CT molecular complexity index is 1040. The van der Waals surface area contributed by atoms with E-state index in [9.17, 15) is 9.59 Å². The van der Waals surface area contributed by atoms with E-state index in [0.29, 0.717) is 17.2 Å². The van der Waals surface area contributed by atoms with E-state index in [1.54, 1.807) is 30.3 Å². The molecule has 0 aromatic heterocycles. The molecule has 0 bridgehead atoms. The van der Waals surface area contributed by atoms with Gasteiger partial charge in [-0.2, -0.15) is 0 Å². The standard InChI is InChI=1S/C27H26O5/c1-20(2)22-11-8-21(9-12-22)10-17-26(28)32-25-15-13-23(14-16-25)27(29)31-19-18-30-24-6-4-3-5-7-24/h3-17,20H,18-19H2,1-2H3/b17-10+. The van der Waals surface area contributed by atoms with Crippen molar-refractivity contribution in [2.45, 2.75) is 19.8 Å². The number of carbonyl (C=O) groups excluding carboxylic acids is 2. The first-order chi connectivity index (χ1) is 15.5. The summed E-state index contributed by atoms with van der Waals surface area (Å²) in [6.45, 7) is 4.66. The average molecular weight is 431 g/mol. The van der Waals surface area contributed by atoms with Gasteiger partial charge in [-0.1, -0.05) is 56.3 Å². The molecule has 0 amide bonds. The number of para-hydroxylation sites is 1. The minimum atomic E-state index is -0.494. The maximum Gasteiger partial charge on any atom is 0.338 e. The molecule has 0 radical (unpaired) electrons. The Hall–Kier alpha value is -3.86. The van der Waals surface area contributed by atoms with Gasteiger partial charge >= 0.3 is 11.9 Å². The highest BCUT2D eigenvalue weighted by atomic mass is 16.6. The number of hydrogen-bond acceptors (Lipinski definition) is 5. The van der Waals surface area contributed by atoms with Crippen LogP contribution in [0.5, 0.6) is 11.5 Å². The van der Waals surface area contributed by atoms with E-state index in [0.717, 1.165) is 11.3 Å². The van der Waals surface area contributed by atoms with Gasteiger partial charge < -0.3 is 14.2 Å². The second kappa shape index (κ2) is 11.5. The van der Waals surface area contributed by atoms with Crippen LogP contribution >= 0.6 is 0 Å². The van der Waals surface area contributed by atoms with E-state index >= 15 is 0 Å². The molecule has 0 fully saturated rings. The summed E-state index contributed by atoms with van der Waals surface area (Å²) in [5.41, 5.74) is 2.53. The first kappa shape index (κ1) is 22.8. The molecule has 0 aliphatic rings. The second-order valence-electron chi connectivity index (χ2n) is 7.40. The van der Waals surface area contributed by atoms with Gasteiger partial charge in [0.25, 0.3) is 0 Å². The Kier molecular flexibility index (Phi) is 8.21. The summed E-state index contributed by atoms with van der Waals surface area (Å²) in [7, 11) is 0. The van der Waals surface area contributed by atoms with Gasteiger partial charge in [-0.3, -0.25) is 0 Å². The van der Waals surface area contributed by atoms with Gasteiger partial charge in [-0.25, -0.2) is 9.59 Å². The van der Waals surface area contributed by atoms with Crippen LogP contribution in [0, 0.1) is 0 Å². The summed E-state index contributed by atoms with van der Waals surface area (Å²) in [6, 6.07) is 23.5. The predicted molar refractivity (Wildman–Crippen MR) is 124 cm³/mol. The fourth-order valence-corrected chi connectivity index (χ4v) is 2.86. The van der Waals surface area contributed by atoms with Gasteiger partial charge in [0.1, 0.15) is 24.7 Å². The monoisotopic (exact) mass is 430 g/mol. The van der Waals surface area contributed by atoms with E-state index in [1.807, 2.05) is 54.6 Å². The third kappa shape index (κ3) is 7.13. The SMILES string of the molecule is CC(C)c1ccc(/C=C/C(=O)Oc2ccc(C(=O)OCCOc3ccccc3)cc2)cc1. The average Bonchev–Trinajstić information content (AvgIpc) is 2.82. The molecule has 0 aliphatic carbocycles. The summed E-state index contributed by atoms with van der Waals surface area (Å²) in [5.74, 6) is 0.562. The summed E-state index contributed by atoms with van der Waals surface area (Å²) in [6.07, 6.45) is 3.08. The predicted octanol–water partition coefficient (Wildman–Crippen LogP) is 5.66. The Morgan fingerprint density at radius 3 is 2.16 bits per heavy atom. The van der Waals surface area contributed by atoms with Crippen molar-refractivity contribution in [2.24, 2.45) is 0 Å². The van der Waals surface area contributed by atoms with Gasteiger partial charge in [0.15, 0.2) is 0 Å². The number of benzene rings is 3. The van der Waals surface area contributed by atoms with Crippen molar-refractivity contribution in [3.8, 4) is 11.5 Å². The topological polar surface area (TPSA) is 61.8 Å². The first-order valence-corrected chi connectivity index (χ1v) is 10.5. The smallest absolute Gasteiger partial charge is 0.338 e. The van der Waals surface area contributed by atoms with E-state index in [4.69, 9.17) is 14.2 Å². The van der Waals surface area contributed by atoms with E-state index in [2.05, 4.69) is 13.8 Å². The third-order valence-corrected chi connectivity index (χ3v) is 4.65. The van der Waals surface area contributed by atoms with Crippen molar-refractivity contribution in [3.63, 3.8) is 0 Å². The van der Waals surface area contributed by atoms with Gasteiger partial charge in [-0.05, 0) is 59.5 Å². The normalized spacial score (nSPS) is 10.8. The lowest BCUT2D eigenvalue weighted by Gasteiger charge is -2.08. The lowest BCUT2D eigenvalue weighted by molar-refractivity contribution is -0.128. The van der Waals surface area contributed by atoms with E-state index in [1.165, 1.54) is 11.6 Å². The van der Waals surface area contributed by atoms with Crippen LogP contribution in [0.1, 0.15) is 41.3 Å². The number of ether oxygens (including phenoxy) is 3. The summed E-state index contributed by atoms with van der Waals surface area (Å²) in [5, 5.41) is 0. The molecule has 0 saturated carbocycles. The molecular formula is C27H26O5. The number of carbonyl (C=O) groups is 2. The van der Waals surface area contributed by atoms with Gasteiger partial charge in [0, 0.05) is 6.08 Å². The van der Waals surface area contributed by atoms with Crippen LogP contribution in [-0.2, 0) is 9.53 Å². The fraction of sp³-hybridized carbons (Fsp3) is 0.185. The molecule has 0 heterocycles. The lowest BCUT2D eigenvalue weighted by Crippen LogP contribution is -2.12. The molecular weight excluding hydrogens is 404 g/mol. The molecule has 0 unspecified atom stereocenters. The minimum absolute atomic E-state index is 0.132. The third-order valence-electron chi connectivity index (χ3n) is 4.65. The van der Waals surface area contributed by atoms with Crippen LogP contribution in [-0.4, -0.2) is 25.2 Å². The molecule has 3 rings (SSSR count). The van der Waals surface area contributed by atoms with Gasteiger partial charge in [-0.15, -0.1) is 0 Å². The van der Waals surface area contributed by atoms with E-state index < -0.39 is 11.9 Å². The van der Waals surface area contributed by atoms with Crippen molar-refractivity contribution in [1.29, 1.82) is 0 Å². The maximum atomic E-state index is 12.1. The molecule has 32 heavy (non-hydrogen) atoms. The summed E-state index contributed by atoms with van der Waals surface area (Å²) >= 11 is 0. The van der Waals surface area contributed by atoms with Crippen LogP contribution < -0.4 is 9.47 Å². The lowest BCUT2D eigenvalue weighted by atomic mass is 10.0. The molecule has 3 aromatic carbocycles. The molecule has 0 aliphatic heterocycles. The quantitative estimate of drug-likeness (QED) is 0.190. The zero-order chi connectivity index (χ0) is 22.8. The molecule has 3 aromatic rings. The molecule has 0 spiro atoms. The van der Waals surface area contributed by atoms with Crippen LogP contribution in [0.4, 0.5) is 0 Å². The highest BCUT2D eigenvalue weighted by Crippen LogP contribution is 2.16. The largest absolute Gasteiger partial charge is 0.490 e. The van der Waals surface area contributed by atoms with Gasteiger partial charge in [0.05, 0.1) is 5.56 Å². The summed E-state index contributed by atoms with van der Waals surface area (Å²) in [4.78, 5) is 24.2. The molecule has 5 nitrogen and oxygen atoms in total. The molecule has 5 heteroatoms. The highest BCUT2D eigenvalue weighted by molar-refractivity contribution is 5.90. The van der Waals surface area contributed by atoms with Crippen molar-refractivity contribution >= 4 is 18.0 Å². The van der Waals surface area contributed by atoms with Crippen molar-refractivity contribution in [3.05, 3.63) is 102 Å². The Balaban J connectivity index is 1.44. The van der Waals surface area contributed by atoms with Crippen LogP contribution in [0.25, 0.3) is 6.08 Å². The first-order valence-electron chi connectivity index (χ1n) is 10.5. The van der Waals surface area contributed by atoms with Crippen LogP contribution in [0.2, 0.25) is 0 Å². The molecule has 0 saturated heterocycles. The van der Waals surface area contributed by atoms with Crippen molar-refractivity contribution < 1.29 is 23.8 Å². The van der Waals surface area contributed by atoms with E-state index in [-0.39, 0.29) is 13.2 Å². The van der Waals surface area contributed by atoms with Crippen molar-refractivity contribution in [1.82, 2.24) is 0 Å². The minimum Gasteiger partial charge on any atom is -0.490 e. The highest BCUT2D eigenvalue weighted by Gasteiger charge is 2.08. The maximum absolute atomic E-state index is 12.1. The number of esters is 2. The van der Waals surface area contributed by atoms with Crippen LogP contribution in [0.15, 0.2) is 84.9 Å². The Morgan fingerprint density at radius 1 is 0.812 bits per heavy atom.